The van der Waals surface area contributed by atoms with E-state index in [-0.39, 0.29) is 12.2 Å². The number of nitrogens with zero attached hydrogens (tertiary/aromatic N) is 2. The first-order valence-corrected chi connectivity index (χ1v) is 6.82. The number of carbonyl (C=O) groups excluding carboxylic acids is 3. The van der Waals surface area contributed by atoms with Crippen molar-refractivity contribution in [2.24, 2.45) is 0 Å². The lowest BCUT2D eigenvalue weighted by molar-refractivity contribution is -0.143. The number of hydrogen-bond donors (Lipinski definition) is 3. The molecule has 8 nitrogen and oxygen atoms in total. The van der Waals surface area contributed by atoms with E-state index in [1.165, 1.54) is 4.90 Å². The summed E-state index contributed by atoms with van der Waals surface area (Å²) in [6.07, 6.45) is 2.05. The van der Waals surface area contributed by atoms with Crippen molar-refractivity contribution in [1.82, 2.24) is 20.4 Å². The highest BCUT2D eigenvalue weighted by atomic mass is 16.2. The Morgan fingerprint density at radius 1 is 1.38 bits per heavy atom. The summed E-state index contributed by atoms with van der Waals surface area (Å²) in [5, 5.41) is 9.00. The van der Waals surface area contributed by atoms with Gasteiger partial charge in [0.1, 0.15) is 12.1 Å². The number of carbonyl (C=O) groups is 3. The molecule has 1 saturated carbocycles. The Bertz CT molecular complexity index is 644. The van der Waals surface area contributed by atoms with Crippen LogP contribution in [0.25, 0.3) is 0 Å². The van der Waals surface area contributed by atoms with Crippen LogP contribution in [0, 0.1) is 0 Å². The summed E-state index contributed by atoms with van der Waals surface area (Å²) in [6.45, 7) is 2.97. The molecule has 8 heteroatoms. The van der Waals surface area contributed by atoms with E-state index in [1.54, 1.807) is 13.8 Å². The van der Waals surface area contributed by atoms with Crippen LogP contribution >= 0.6 is 0 Å². The first-order chi connectivity index (χ1) is 9.82. The van der Waals surface area contributed by atoms with Crippen LogP contribution in [-0.4, -0.2) is 44.9 Å². The highest BCUT2D eigenvalue weighted by molar-refractivity contribution is 6.09. The van der Waals surface area contributed by atoms with Crippen LogP contribution < -0.4 is 11.1 Å². The third-order valence-corrected chi connectivity index (χ3v) is 4.05. The van der Waals surface area contributed by atoms with Gasteiger partial charge in [-0.25, -0.2) is 0 Å². The fourth-order valence-electron chi connectivity index (χ4n) is 2.45. The summed E-state index contributed by atoms with van der Waals surface area (Å²) in [5.41, 5.74) is 6.01. The molecule has 1 aromatic rings. The number of aromatic amines is 1. The Morgan fingerprint density at radius 2 is 2.05 bits per heavy atom. The highest BCUT2D eigenvalue weighted by Crippen LogP contribution is 2.42. The Labute approximate surface area is 121 Å². The molecule has 0 radical (unpaired) electrons. The van der Waals surface area contributed by atoms with Crippen molar-refractivity contribution in [2.45, 2.75) is 38.1 Å². The summed E-state index contributed by atoms with van der Waals surface area (Å²) in [4.78, 5) is 37.2. The van der Waals surface area contributed by atoms with Crippen molar-refractivity contribution in [2.75, 3.05) is 12.3 Å². The zero-order valence-electron chi connectivity index (χ0n) is 11.9. The van der Waals surface area contributed by atoms with Crippen LogP contribution in [0.1, 0.15) is 48.8 Å². The molecule has 0 unspecified atom stereocenters. The number of nitrogens with one attached hydrogen (secondary N) is 2. The standard InChI is InChI=1S/C13H17N5O3/c1-13(2)12(21)15-7(19)5-18(13)11(20)10-8(14)9(16-17-10)6-3-4-6/h6H,3-5,14H2,1-2H3,(H,16,17)(H,15,19,21). The molecule has 0 aromatic carbocycles. The number of piperazine rings is 1. The van der Waals surface area contributed by atoms with Crippen LogP contribution in [0.2, 0.25) is 0 Å². The van der Waals surface area contributed by atoms with Crippen molar-refractivity contribution in [3.8, 4) is 0 Å². The maximum Gasteiger partial charge on any atom is 0.277 e. The molecule has 0 spiro atoms. The minimum Gasteiger partial charge on any atom is -0.395 e. The normalized spacial score (nSPS) is 21.3. The lowest BCUT2D eigenvalue weighted by Crippen LogP contribution is -2.65. The molecule has 3 rings (SSSR count). The minimum absolute atomic E-state index is 0.0764. The number of anilines is 1. The van der Waals surface area contributed by atoms with E-state index in [0.717, 1.165) is 18.5 Å². The largest absolute Gasteiger partial charge is 0.395 e. The summed E-state index contributed by atoms with van der Waals surface area (Å²) >= 11 is 0. The van der Waals surface area contributed by atoms with Crippen LogP contribution in [0.4, 0.5) is 5.69 Å². The molecular weight excluding hydrogens is 274 g/mol. The molecule has 2 aliphatic rings. The molecule has 2 fully saturated rings. The van der Waals surface area contributed by atoms with Crippen LogP contribution in [0.15, 0.2) is 0 Å². The quantitative estimate of drug-likeness (QED) is 0.648. The fourth-order valence-corrected chi connectivity index (χ4v) is 2.45. The molecule has 21 heavy (non-hydrogen) atoms. The van der Waals surface area contributed by atoms with Gasteiger partial charge in [0.25, 0.3) is 11.8 Å². The van der Waals surface area contributed by atoms with Crippen molar-refractivity contribution >= 4 is 23.4 Å². The van der Waals surface area contributed by atoms with Crippen molar-refractivity contribution < 1.29 is 14.4 Å². The van der Waals surface area contributed by atoms with Crippen LogP contribution in [0.3, 0.4) is 0 Å². The average Bonchev–Trinajstić information content (AvgIpc) is 3.17. The predicted molar refractivity (Wildman–Crippen MR) is 73.2 cm³/mol. The third kappa shape index (κ3) is 2.07. The van der Waals surface area contributed by atoms with E-state index in [0.29, 0.717) is 11.6 Å². The fraction of sp³-hybridized carbons (Fsp3) is 0.538. The van der Waals surface area contributed by atoms with E-state index in [1.807, 2.05) is 0 Å². The molecule has 1 saturated heterocycles. The van der Waals surface area contributed by atoms with E-state index >= 15 is 0 Å². The molecular formula is C13H17N5O3. The number of nitrogens with two attached hydrogens (primary N) is 1. The number of amides is 3. The van der Waals surface area contributed by atoms with Crippen LogP contribution in [0.5, 0.6) is 0 Å². The van der Waals surface area contributed by atoms with Gasteiger partial charge in [-0.2, -0.15) is 5.10 Å². The molecule has 1 aliphatic heterocycles. The molecule has 2 heterocycles. The minimum atomic E-state index is -1.13. The zero-order chi connectivity index (χ0) is 15.4. The Morgan fingerprint density at radius 3 is 2.67 bits per heavy atom. The number of rotatable bonds is 2. The van der Waals surface area contributed by atoms with Gasteiger partial charge in [0, 0.05) is 5.92 Å². The first-order valence-electron chi connectivity index (χ1n) is 6.82. The summed E-state index contributed by atoms with van der Waals surface area (Å²) < 4.78 is 0. The summed E-state index contributed by atoms with van der Waals surface area (Å²) in [6, 6.07) is 0. The van der Waals surface area contributed by atoms with Gasteiger partial charge in [-0.05, 0) is 26.7 Å². The monoisotopic (exact) mass is 291 g/mol. The number of nitrogen functional groups attached to an aromatic ring is 1. The molecule has 3 amide bonds. The van der Waals surface area contributed by atoms with Crippen molar-refractivity contribution in [3.63, 3.8) is 0 Å². The number of aromatic nitrogens is 2. The van der Waals surface area contributed by atoms with Gasteiger partial charge in [-0.1, -0.05) is 0 Å². The van der Waals surface area contributed by atoms with Crippen molar-refractivity contribution in [3.05, 3.63) is 11.4 Å². The van der Waals surface area contributed by atoms with Gasteiger partial charge in [-0.15, -0.1) is 0 Å². The summed E-state index contributed by atoms with van der Waals surface area (Å²) in [5.74, 6) is -1.20. The second kappa shape index (κ2) is 4.31. The SMILES string of the molecule is CC1(C)C(=O)NC(=O)CN1C(=O)c1n[nH]c(C2CC2)c1N. The number of imide groups is 1. The molecule has 1 aromatic heterocycles. The molecule has 4 N–H and O–H groups in total. The van der Waals surface area contributed by atoms with E-state index in [9.17, 15) is 14.4 Å². The molecule has 1 aliphatic carbocycles. The third-order valence-electron chi connectivity index (χ3n) is 4.05. The van der Waals surface area contributed by atoms with Gasteiger partial charge >= 0.3 is 0 Å². The number of hydrogen-bond acceptors (Lipinski definition) is 5. The molecule has 112 valence electrons. The Kier molecular flexibility index (Phi) is 2.79. The second-order valence-electron chi connectivity index (χ2n) is 6.00. The highest BCUT2D eigenvalue weighted by Gasteiger charge is 2.45. The first kappa shape index (κ1) is 13.6. The second-order valence-corrected chi connectivity index (χ2v) is 6.00. The number of H-pyrrole nitrogens is 1. The Balaban J connectivity index is 1.93. The van der Waals surface area contributed by atoms with Crippen molar-refractivity contribution in [1.29, 1.82) is 0 Å². The van der Waals surface area contributed by atoms with Gasteiger partial charge < -0.3 is 10.6 Å². The van der Waals surface area contributed by atoms with E-state index in [2.05, 4.69) is 15.5 Å². The molecule has 0 bridgehead atoms. The molecule has 0 atom stereocenters. The van der Waals surface area contributed by atoms with Gasteiger partial charge in [0.05, 0.1) is 11.4 Å². The summed E-state index contributed by atoms with van der Waals surface area (Å²) in [7, 11) is 0. The van der Waals surface area contributed by atoms with Gasteiger partial charge in [0.15, 0.2) is 5.69 Å². The van der Waals surface area contributed by atoms with E-state index < -0.39 is 23.3 Å². The topological polar surface area (TPSA) is 121 Å². The lowest BCUT2D eigenvalue weighted by Gasteiger charge is -2.39. The van der Waals surface area contributed by atoms with Gasteiger partial charge in [0.2, 0.25) is 5.91 Å². The smallest absolute Gasteiger partial charge is 0.277 e. The maximum absolute atomic E-state index is 12.6. The maximum atomic E-state index is 12.6. The average molecular weight is 291 g/mol. The van der Waals surface area contributed by atoms with Crippen LogP contribution in [-0.2, 0) is 9.59 Å². The van der Waals surface area contributed by atoms with Gasteiger partial charge in [-0.3, -0.25) is 24.8 Å². The predicted octanol–water partition coefficient (Wildman–Crippen LogP) is -0.253. The zero-order valence-corrected chi connectivity index (χ0v) is 11.9. The Hall–Kier alpha value is -2.38. The lowest BCUT2D eigenvalue weighted by atomic mass is 9.98. The van der Waals surface area contributed by atoms with E-state index in [4.69, 9.17) is 5.73 Å².